The number of anilines is 2. The van der Waals surface area contributed by atoms with E-state index in [9.17, 15) is 4.79 Å². The number of unbranched alkanes of at least 4 members (excludes halogenated alkanes) is 2. The fraction of sp³-hybridized carbons (Fsp3) is 0.688. The zero-order valence-electron chi connectivity index (χ0n) is 13.2. The van der Waals surface area contributed by atoms with Crippen molar-refractivity contribution >= 4 is 17.7 Å². The minimum atomic E-state index is 0.174. The minimum absolute atomic E-state index is 0.174. The molecule has 1 amide bonds. The maximum atomic E-state index is 11.9. The molecule has 1 aromatic rings. The highest BCUT2D eigenvalue weighted by Gasteiger charge is 2.23. The van der Waals surface area contributed by atoms with Crippen LogP contribution in [-0.4, -0.2) is 35.5 Å². The number of nitrogens with zero attached hydrogens (tertiary/aromatic N) is 4. The summed E-state index contributed by atoms with van der Waals surface area (Å²) in [6.07, 6.45) is 7.93. The van der Waals surface area contributed by atoms with Crippen molar-refractivity contribution in [3.63, 3.8) is 0 Å². The highest BCUT2D eigenvalue weighted by molar-refractivity contribution is 5.94. The van der Waals surface area contributed by atoms with Gasteiger partial charge >= 0.3 is 0 Å². The Hall–Kier alpha value is -1.65. The number of carbonyl (C=O) groups is 1. The van der Waals surface area contributed by atoms with Crippen LogP contribution in [0.15, 0.2) is 12.3 Å². The van der Waals surface area contributed by atoms with E-state index < -0.39 is 0 Å². The number of aromatic nitrogens is 2. The molecule has 0 saturated carbocycles. The second-order valence-electron chi connectivity index (χ2n) is 5.56. The van der Waals surface area contributed by atoms with Gasteiger partial charge in [-0.05, 0) is 25.3 Å². The van der Waals surface area contributed by atoms with E-state index in [4.69, 9.17) is 0 Å². The van der Waals surface area contributed by atoms with Gasteiger partial charge in [-0.15, -0.1) is 0 Å². The Labute approximate surface area is 127 Å². The number of hydrogen-bond donors (Lipinski definition) is 0. The SMILES string of the molecule is CCCCN(CCCC)c1nccc(N2CCCC2=O)n1. The maximum absolute atomic E-state index is 11.9. The number of amides is 1. The maximum Gasteiger partial charge on any atom is 0.228 e. The Bertz CT molecular complexity index is 455. The van der Waals surface area contributed by atoms with Crippen molar-refractivity contribution in [3.05, 3.63) is 12.3 Å². The van der Waals surface area contributed by atoms with Crippen molar-refractivity contribution in [3.8, 4) is 0 Å². The highest BCUT2D eigenvalue weighted by atomic mass is 16.2. The molecular formula is C16H26N4O. The first-order valence-corrected chi connectivity index (χ1v) is 8.14. The zero-order chi connectivity index (χ0) is 15.1. The normalized spacial score (nSPS) is 14.8. The lowest BCUT2D eigenvalue weighted by Gasteiger charge is -2.23. The molecule has 5 nitrogen and oxygen atoms in total. The van der Waals surface area contributed by atoms with Crippen LogP contribution >= 0.6 is 0 Å². The molecule has 1 aliphatic rings. The fourth-order valence-electron chi connectivity index (χ4n) is 2.54. The summed E-state index contributed by atoms with van der Waals surface area (Å²) in [5.74, 6) is 1.68. The Kier molecular flexibility index (Phi) is 5.96. The van der Waals surface area contributed by atoms with Crippen molar-refractivity contribution in [2.45, 2.75) is 52.4 Å². The summed E-state index contributed by atoms with van der Waals surface area (Å²) in [6, 6.07) is 1.84. The third-order valence-electron chi connectivity index (χ3n) is 3.82. The van der Waals surface area contributed by atoms with Gasteiger partial charge in [0.05, 0.1) is 0 Å². The summed E-state index contributed by atoms with van der Waals surface area (Å²) in [4.78, 5) is 24.9. The Balaban J connectivity index is 2.13. The van der Waals surface area contributed by atoms with E-state index in [1.807, 2.05) is 6.07 Å². The first kappa shape index (κ1) is 15.7. The molecule has 5 heteroatoms. The van der Waals surface area contributed by atoms with Crippen molar-refractivity contribution in [1.82, 2.24) is 9.97 Å². The number of carbonyl (C=O) groups excluding carboxylic acids is 1. The lowest BCUT2D eigenvalue weighted by atomic mass is 10.3. The Morgan fingerprint density at radius 1 is 1.24 bits per heavy atom. The third-order valence-corrected chi connectivity index (χ3v) is 3.82. The van der Waals surface area contributed by atoms with Gasteiger partial charge in [-0.3, -0.25) is 9.69 Å². The quantitative estimate of drug-likeness (QED) is 0.738. The van der Waals surface area contributed by atoms with E-state index in [1.165, 1.54) is 0 Å². The summed E-state index contributed by atoms with van der Waals surface area (Å²) in [5, 5.41) is 0. The second kappa shape index (κ2) is 7.96. The zero-order valence-corrected chi connectivity index (χ0v) is 13.2. The number of rotatable bonds is 8. The van der Waals surface area contributed by atoms with E-state index >= 15 is 0 Å². The number of hydrogen-bond acceptors (Lipinski definition) is 4. The van der Waals surface area contributed by atoms with Crippen LogP contribution in [0.1, 0.15) is 52.4 Å². The van der Waals surface area contributed by atoms with Crippen LogP contribution < -0.4 is 9.80 Å². The molecule has 0 atom stereocenters. The molecule has 1 saturated heterocycles. The topological polar surface area (TPSA) is 49.3 Å². The van der Waals surface area contributed by atoms with Crippen LogP contribution in [0.25, 0.3) is 0 Å². The lowest BCUT2D eigenvalue weighted by molar-refractivity contribution is -0.117. The first-order chi connectivity index (χ1) is 10.3. The molecule has 0 aromatic carbocycles. The van der Waals surface area contributed by atoms with Gasteiger partial charge in [0.1, 0.15) is 5.82 Å². The largest absolute Gasteiger partial charge is 0.341 e. The summed E-state index contributed by atoms with van der Waals surface area (Å²) < 4.78 is 0. The van der Waals surface area contributed by atoms with Gasteiger partial charge in [0.15, 0.2) is 0 Å². The van der Waals surface area contributed by atoms with Crippen LogP contribution in [0.4, 0.5) is 11.8 Å². The second-order valence-corrected chi connectivity index (χ2v) is 5.56. The van der Waals surface area contributed by atoms with Crippen LogP contribution in [-0.2, 0) is 4.79 Å². The van der Waals surface area contributed by atoms with E-state index in [-0.39, 0.29) is 5.91 Å². The fourth-order valence-corrected chi connectivity index (χ4v) is 2.54. The molecule has 2 rings (SSSR count). The molecule has 0 unspecified atom stereocenters. The predicted octanol–water partition coefficient (Wildman–Crippen LogP) is 3.01. The van der Waals surface area contributed by atoms with E-state index in [1.54, 1.807) is 11.1 Å². The van der Waals surface area contributed by atoms with E-state index in [0.717, 1.165) is 63.5 Å². The molecule has 116 valence electrons. The van der Waals surface area contributed by atoms with Gasteiger partial charge in [0.2, 0.25) is 11.9 Å². The molecular weight excluding hydrogens is 264 g/mol. The molecule has 0 bridgehead atoms. The van der Waals surface area contributed by atoms with Gasteiger partial charge in [-0.25, -0.2) is 4.98 Å². The summed E-state index contributed by atoms with van der Waals surface area (Å²) in [7, 11) is 0. The van der Waals surface area contributed by atoms with Crippen molar-refractivity contribution in [2.24, 2.45) is 0 Å². The molecule has 1 aliphatic heterocycles. The molecule has 0 aliphatic carbocycles. The lowest BCUT2D eigenvalue weighted by Crippen LogP contribution is -2.29. The summed E-state index contributed by atoms with van der Waals surface area (Å²) >= 11 is 0. The average molecular weight is 290 g/mol. The van der Waals surface area contributed by atoms with Gasteiger partial charge in [0, 0.05) is 32.3 Å². The molecule has 0 spiro atoms. The van der Waals surface area contributed by atoms with E-state index in [0.29, 0.717) is 6.42 Å². The average Bonchev–Trinajstić information content (AvgIpc) is 2.94. The first-order valence-electron chi connectivity index (χ1n) is 8.14. The molecule has 1 fully saturated rings. The van der Waals surface area contributed by atoms with Crippen LogP contribution in [0.2, 0.25) is 0 Å². The summed E-state index contributed by atoms with van der Waals surface area (Å²) in [6.45, 7) is 7.12. The van der Waals surface area contributed by atoms with Gasteiger partial charge in [-0.1, -0.05) is 26.7 Å². The van der Waals surface area contributed by atoms with Crippen LogP contribution in [0.5, 0.6) is 0 Å². The van der Waals surface area contributed by atoms with Crippen molar-refractivity contribution < 1.29 is 4.79 Å². The standard InChI is InChI=1S/C16H26N4O/c1-3-5-11-19(12-6-4-2)16-17-10-9-14(18-16)20-13-7-8-15(20)21/h9-10H,3-8,11-13H2,1-2H3. The molecule has 1 aromatic heterocycles. The summed E-state index contributed by atoms with van der Waals surface area (Å²) in [5.41, 5.74) is 0. The minimum Gasteiger partial charge on any atom is -0.341 e. The molecule has 0 radical (unpaired) electrons. The van der Waals surface area contributed by atoms with Gasteiger partial charge in [-0.2, -0.15) is 4.98 Å². The van der Waals surface area contributed by atoms with Crippen LogP contribution in [0.3, 0.4) is 0 Å². The predicted molar refractivity (Wildman–Crippen MR) is 85.6 cm³/mol. The molecule has 2 heterocycles. The monoisotopic (exact) mass is 290 g/mol. The highest BCUT2D eigenvalue weighted by Crippen LogP contribution is 2.21. The van der Waals surface area contributed by atoms with Crippen LogP contribution in [0, 0.1) is 0 Å². The van der Waals surface area contributed by atoms with Gasteiger partial charge < -0.3 is 4.90 Å². The van der Waals surface area contributed by atoms with E-state index in [2.05, 4.69) is 28.7 Å². The molecule has 0 N–H and O–H groups in total. The van der Waals surface area contributed by atoms with Crippen molar-refractivity contribution in [1.29, 1.82) is 0 Å². The Morgan fingerprint density at radius 2 is 1.95 bits per heavy atom. The van der Waals surface area contributed by atoms with Crippen molar-refractivity contribution in [2.75, 3.05) is 29.4 Å². The Morgan fingerprint density at radius 3 is 2.52 bits per heavy atom. The van der Waals surface area contributed by atoms with Gasteiger partial charge in [0.25, 0.3) is 0 Å². The third kappa shape index (κ3) is 4.16. The molecule has 21 heavy (non-hydrogen) atoms. The smallest absolute Gasteiger partial charge is 0.228 e.